The van der Waals surface area contributed by atoms with Crippen molar-refractivity contribution in [2.75, 3.05) is 13.1 Å². The molecular weight excluding hydrogens is 767 g/mol. The van der Waals surface area contributed by atoms with Crippen LogP contribution >= 0.6 is 0 Å². The van der Waals surface area contributed by atoms with Crippen LogP contribution in [0.3, 0.4) is 0 Å². The Morgan fingerprint density at radius 3 is 1.87 bits per heavy atom. The van der Waals surface area contributed by atoms with Crippen molar-refractivity contribution in [2.24, 2.45) is 50.2 Å². The molecule has 7 heteroatoms. The second kappa shape index (κ2) is 20.5. The van der Waals surface area contributed by atoms with Gasteiger partial charge in [0.2, 0.25) is 11.8 Å². The van der Waals surface area contributed by atoms with Gasteiger partial charge in [0.15, 0.2) is 11.6 Å². The summed E-state index contributed by atoms with van der Waals surface area (Å²) in [6.45, 7) is 18.1. The van der Waals surface area contributed by atoms with Gasteiger partial charge < -0.3 is 10.6 Å². The third-order valence-corrected chi connectivity index (χ3v) is 16.2. The number of rotatable bonds is 18. The first kappa shape index (κ1) is 48.7. The number of amides is 2. The molecule has 7 unspecified atom stereocenters. The molecule has 7 atom stereocenters. The minimum absolute atomic E-state index is 0.00306. The number of carbonyl (C=O) groups is 4. The van der Waals surface area contributed by atoms with Crippen molar-refractivity contribution in [3.63, 3.8) is 0 Å². The molecule has 7 nitrogen and oxygen atoms in total. The van der Waals surface area contributed by atoms with Crippen LogP contribution in [-0.4, -0.2) is 36.5 Å². The quantitative estimate of drug-likeness (QED) is 0.105. The maximum absolute atomic E-state index is 14.8. The van der Waals surface area contributed by atoms with Crippen molar-refractivity contribution in [1.82, 2.24) is 10.6 Å². The fraction of sp³-hybridized carbons (Fsp3) is 0.618. The summed E-state index contributed by atoms with van der Waals surface area (Å²) < 4.78 is 0. The molecule has 0 spiro atoms. The smallest absolute Gasteiger partial charge is 0.226 e. The third kappa shape index (κ3) is 10.1. The van der Waals surface area contributed by atoms with Crippen LogP contribution in [0.1, 0.15) is 152 Å². The predicted octanol–water partition coefficient (Wildman–Crippen LogP) is 11.9. The van der Waals surface area contributed by atoms with Crippen molar-refractivity contribution in [1.29, 1.82) is 5.26 Å². The summed E-state index contributed by atoms with van der Waals surface area (Å²) in [4.78, 5) is 55.4. The Balaban J connectivity index is 1.11. The normalized spacial score (nSPS) is 32.7. The number of hydrogen-bond donors (Lipinski definition) is 2. The molecule has 2 amide bonds. The average Bonchev–Trinajstić information content (AvgIpc) is 3.22. The molecule has 0 bridgehead atoms. The Morgan fingerprint density at radius 1 is 0.742 bits per heavy atom. The van der Waals surface area contributed by atoms with Gasteiger partial charge in [-0.2, -0.15) is 5.26 Å². The van der Waals surface area contributed by atoms with Crippen LogP contribution in [0, 0.1) is 61.6 Å². The zero-order valence-corrected chi connectivity index (χ0v) is 39.4. The molecule has 5 rings (SSSR count). The Bertz CT molecular complexity index is 1970. The van der Waals surface area contributed by atoms with Crippen LogP contribution in [0.4, 0.5) is 0 Å². The van der Waals surface area contributed by atoms with E-state index in [1.54, 1.807) is 0 Å². The predicted molar refractivity (Wildman–Crippen MR) is 252 cm³/mol. The van der Waals surface area contributed by atoms with E-state index in [4.69, 9.17) is 0 Å². The number of nitrogens with one attached hydrogen (secondary N) is 2. The molecule has 2 N–H and O–H groups in total. The fourth-order valence-electron chi connectivity index (χ4n) is 12.5. The minimum Gasteiger partial charge on any atom is -0.354 e. The number of fused-ring (bicyclic) bond motifs is 7. The van der Waals surface area contributed by atoms with Crippen molar-refractivity contribution in [3.05, 3.63) is 96.2 Å². The van der Waals surface area contributed by atoms with Gasteiger partial charge in [0.1, 0.15) is 6.07 Å². The van der Waals surface area contributed by atoms with Gasteiger partial charge in [-0.05, 0) is 124 Å². The molecule has 336 valence electrons. The lowest BCUT2D eigenvalue weighted by molar-refractivity contribution is -0.178. The Morgan fingerprint density at radius 2 is 1.29 bits per heavy atom. The lowest BCUT2D eigenvalue weighted by atomic mass is 9.34. The van der Waals surface area contributed by atoms with Crippen LogP contribution in [0.15, 0.2) is 96.2 Å². The number of carbonyl (C=O) groups excluding carboxylic acids is 4. The summed E-state index contributed by atoms with van der Waals surface area (Å²) in [5.74, 6) is -0.434. The minimum atomic E-state index is -0.709. The molecule has 62 heavy (non-hydrogen) atoms. The van der Waals surface area contributed by atoms with E-state index in [0.717, 1.165) is 82.6 Å². The van der Waals surface area contributed by atoms with Crippen molar-refractivity contribution < 1.29 is 19.2 Å². The number of ketones is 2. The first-order chi connectivity index (χ1) is 29.4. The Kier molecular flexibility index (Phi) is 16.1. The van der Waals surface area contributed by atoms with Gasteiger partial charge in [0, 0.05) is 36.3 Å². The maximum atomic E-state index is 14.8. The van der Waals surface area contributed by atoms with Gasteiger partial charge in [-0.25, -0.2) is 0 Å². The van der Waals surface area contributed by atoms with E-state index in [1.165, 1.54) is 0 Å². The molecule has 3 saturated carbocycles. The van der Waals surface area contributed by atoms with E-state index in [1.807, 2.05) is 26.0 Å². The van der Waals surface area contributed by atoms with Gasteiger partial charge in [-0.15, -0.1) is 0 Å². The highest BCUT2D eigenvalue weighted by Crippen LogP contribution is 2.74. The van der Waals surface area contributed by atoms with Crippen molar-refractivity contribution in [2.45, 2.75) is 152 Å². The topological polar surface area (TPSA) is 116 Å². The van der Waals surface area contributed by atoms with E-state index in [2.05, 4.69) is 131 Å². The monoisotopic (exact) mass is 844 g/mol. The molecule has 0 aliphatic heterocycles. The van der Waals surface area contributed by atoms with Gasteiger partial charge in [0.25, 0.3) is 0 Å². The summed E-state index contributed by atoms with van der Waals surface area (Å²) in [5.41, 5.74) is -1.39. The van der Waals surface area contributed by atoms with Crippen LogP contribution < -0.4 is 10.6 Å². The lowest BCUT2D eigenvalue weighted by Gasteiger charge is -2.69. The van der Waals surface area contributed by atoms with Crippen LogP contribution in [0.25, 0.3) is 0 Å². The number of allylic oxidation sites excluding steroid dienone is 16. The summed E-state index contributed by atoms with van der Waals surface area (Å²) in [7, 11) is 0. The molecule has 3 fully saturated rings. The summed E-state index contributed by atoms with van der Waals surface area (Å²) in [6.07, 6.45) is 42.3. The third-order valence-electron chi connectivity index (χ3n) is 16.2. The van der Waals surface area contributed by atoms with E-state index in [9.17, 15) is 24.4 Å². The molecule has 0 aromatic rings. The molecular formula is C55H77N3O4. The molecule has 0 radical (unpaired) electrons. The van der Waals surface area contributed by atoms with Gasteiger partial charge >= 0.3 is 0 Å². The molecule has 0 aromatic carbocycles. The van der Waals surface area contributed by atoms with Gasteiger partial charge in [-0.1, -0.05) is 140 Å². The molecule has 0 aromatic heterocycles. The van der Waals surface area contributed by atoms with E-state index in [0.29, 0.717) is 32.4 Å². The SMILES string of the molecule is CCC=CCC=CCC=CCC=CCC=CCC=CCCC(=O)NCCNC(=O)C12CCC(C)(C)CC1C1C(=O)C=C3C4(C)C=C(C#N)C(=O)C(C)(C)C4CCC3(C)C1(C)CC2. The van der Waals surface area contributed by atoms with E-state index >= 15 is 0 Å². The Labute approximate surface area is 374 Å². The largest absolute Gasteiger partial charge is 0.354 e. The second-order valence-corrected chi connectivity index (χ2v) is 21.0. The maximum Gasteiger partial charge on any atom is 0.226 e. The molecule has 5 aliphatic carbocycles. The summed E-state index contributed by atoms with van der Waals surface area (Å²) in [6, 6.07) is 2.20. The van der Waals surface area contributed by atoms with Crippen LogP contribution in [0.5, 0.6) is 0 Å². The van der Waals surface area contributed by atoms with Crippen molar-refractivity contribution >= 4 is 23.4 Å². The number of Topliss-reactive ketones (excluding diaryl/α,β-unsaturated/α-hetero) is 1. The van der Waals surface area contributed by atoms with Crippen molar-refractivity contribution in [3.8, 4) is 6.07 Å². The number of nitriles is 1. The highest BCUT2D eigenvalue weighted by atomic mass is 16.2. The molecule has 0 heterocycles. The average molecular weight is 844 g/mol. The zero-order valence-electron chi connectivity index (χ0n) is 39.4. The molecule has 5 aliphatic rings. The standard InChI is InChI=1S/C55H77N3O4/c1-9-10-11-12-13-14-15-16-17-18-19-20-21-22-23-24-25-26-27-28-46(60)57-35-36-58-49(62)55-33-31-50(2,3)39-42(55)47-43(59)37-45-52(6)38-41(40-56)48(61)51(4,5)44(52)29-30-53(45,7)54(47,8)32-34-55/h10-11,13-14,16-17,19-20,22-23,25-26,37-38,42,44,47H,9,12,15,18,21,24,27-36,39H2,1-8H3,(H,57,60)(H,58,62). The fourth-order valence-corrected chi connectivity index (χ4v) is 12.5. The van der Waals surface area contributed by atoms with Crippen LogP contribution in [-0.2, 0) is 19.2 Å². The molecule has 0 saturated heterocycles. The first-order valence-electron chi connectivity index (χ1n) is 23.8. The van der Waals surface area contributed by atoms with E-state index in [-0.39, 0.29) is 63.0 Å². The van der Waals surface area contributed by atoms with E-state index < -0.39 is 16.2 Å². The number of hydrogen-bond acceptors (Lipinski definition) is 5. The second-order valence-electron chi connectivity index (χ2n) is 21.0. The first-order valence-corrected chi connectivity index (χ1v) is 23.8. The van der Waals surface area contributed by atoms with Gasteiger partial charge in [-0.3, -0.25) is 19.2 Å². The Hall–Kier alpha value is -4.31. The summed E-state index contributed by atoms with van der Waals surface area (Å²) in [5, 5.41) is 16.3. The zero-order chi connectivity index (χ0) is 45.2. The van der Waals surface area contributed by atoms with Crippen LogP contribution in [0.2, 0.25) is 0 Å². The highest BCUT2D eigenvalue weighted by Gasteiger charge is 2.70. The highest BCUT2D eigenvalue weighted by molar-refractivity contribution is 6.04. The summed E-state index contributed by atoms with van der Waals surface area (Å²) >= 11 is 0. The lowest BCUT2D eigenvalue weighted by Crippen LogP contribution is -2.66. The number of nitrogens with zero attached hydrogens (tertiary/aromatic N) is 1. The van der Waals surface area contributed by atoms with Gasteiger partial charge in [0.05, 0.1) is 11.0 Å².